The van der Waals surface area contributed by atoms with E-state index in [1.54, 1.807) is 35.1 Å². The molecular weight excluding hydrogens is 370 g/mol. The molecule has 3 amide bonds. The van der Waals surface area contributed by atoms with Gasteiger partial charge in [-0.1, -0.05) is 17.7 Å². The van der Waals surface area contributed by atoms with Crippen molar-refractivity contribution in [3.05, 3.63) is 47.2 Å². The third kappa shape index (κ3) is 2.21. The second-order valence-corrected chi connectivity index (χ2v) is 8.32. The molecule has 0 radical (unpaired) electrons. The first-order valence-electron chi connectivity index (χ1n) is 9.90. The number of methoxy groups -OCH3 is 1. The molecule has 1 aromatic rings. The predicted octanol–water partition coefficient (Wildman–Crippen LogP) is 1.95. The molecule has 0 bridgehead atoms. The van der Waals surface area contributed by atoms with Crippen LogP contribution in [0.25, 0.3) is 0 Å². The maximum Gasteiger partial charge on any atom is 0.270 e. The molecule has 2 saturated heterocycles. The van der Waals surface area contributed by atoms with Crippen molar-refractivity contribution in [2.75, 3.05) is 19.0 Å². The summed E-state index contributed by atoms with van der Waals surface area (Å²) < 4.78 is 5.29. The van der Waals surface area contributed by atoms with Crippen LogP contribution in [0.2, 0.25) is 0 Å². The predicted molar refractivity (Wildman–Crippen MR) is 106 cm³/mol. The Labute approximate surface area is 169 Å². The zero-order chi connectivity index (χ0) is 20.5. The van der Waals surface area contributed by atoms with Crippen LogP contribution in [0.15, 0.2) is 41.6 Å². The van der Waals surface area contributed by atoms with E-state index in [-0.39, 0.29) is 17.7 Å². The van der Waals surface area contributed by atoms with Crippen molar-refractivity contribution in [1.29, 1.82) is 0 Å². The van der Waals surface area contributed by atoms with Gasteiger partial charge in [-0.15, -0.1) is 0 Å². The van der Waals surface area contributed by atoms with E-state index in [0.717, 1.165) is 17.6 Å². The highest BCUT2D eigenvalue weighted by molar-refractivity contribution is 6.14. The summed E-state index contributed by atoms with van der Waals surface area (Å²) in [5.74, 6) is 0.148. The van der Waals surface area contributed by atoms with Crippen LogP contribution in [0.4, 0.5) is 5.69 Å². The number of hydrogen-bond acceptors (Lipinski definition) is 4. The zero-order valence-corrected chi connectivity index (χ0v) is 16.7. The first-order valence-corrected chi connectivity index (χ1v) is 9.90. The summed E-state index contributed by atoms with van der Waals surface area (Å²) in [6.45, 7) is 4.46. The van der Waals surface area contributed by atoms with Crippen molar-refractivity contribution in [2.45, 2.75) is 44.2 Å². The van der Waals surface area contributed by atoms with Crippen LogP contribution >= 0.6 is 0 Å². The molecular formula is C22H23N3O4. The number of nitrogens with one attached hydrogen (secondary N) is 1. The van der Waals surface area contributed by atoms with E-state index < -0.39 is 17.5 Å². The molecule has 1 spiro atoms. The van der Waals surface area contributed by atoms with Gasteiger partial charge in [-0.25, -0.2) is 0 Å². The van der Waals surface area contributed by atoms with Gasteiger partial charge in [0, 0.05) is 18.3 Å². The van der Waals surface area contributed by atoms with Crippen molar-refractivity contribution in [2.24, 2.45) is 0 Å². The Morgan fingerprint density at radius 2 is 2.07 bits per heavy atom. The third-order valence-corrected chi connectivity index (χ3v) is 6.41. The average molecular weight is 393 g/mol. The quantitative estimate of drug-likeness (QED) is 0.779. The second kappa shape index (κ2) is 5.95. The van der Waals surface area contributed by atoms with Gasteiger partial charge in [0.25, 0.3) is 11.8 Å². The normalized spacial score (nSPS) is 29.5. The molecule has 4 aliphatic rings. The first kappa shape index (κ1) is 18.0. The van der Waals surface area contributed by atoms with Crippen molar-refractivity contribution in [3.8, 4) is 5.75 Å². The van der Waals surface area contributed by atoms with Gasteiger partial charge < -0.3 is 15.0 Å². The number of carbonyl (C=O) groups excluding carboxylic acids is 3. The Hall–Kier alpha value is -3.09. The maximum absolute atomic E-state index is 13.4. The summed E-state index contributed by atoms with van der Waals surface area (Å²) in [4.78, 5) is 43.2. The Balaban J connectivity index is 1.73. The van der Waals surface area contributed by atoms with Crippen LogP contribution in [0, 0.1) is 0 Å². The highest BCUT2D eigenvalue weighted by Crippen LogP contribution is 2.51. The Bertz CT molecular complexity index is 1020. The molecule has 7 nitrogen and oxygen atoms in total. The van der Waals surface area contributed by atoms with Crippen molar-refractivity contribution in [3.63, 3.8) is 0 Å². The van der Waals surface area contributed by atoms with Crippen LogP contribution < -0.4 is 10.1 Å². The van der Waals surface area contributed by atoms with Gasteiger partial charge in [-0.3, -0.25) is 19.3 Å². The van der Waals surface area contributed by atoms with Gasteiger partial charge in [-0.2, -0.15) is 0 Å². The van der Waals surface area contributed by atoms with E-state index in [4.69, 9.17) is 4.74 Å². The summed E-state index contributed by atoms with van der Waals surface area (Å²) in [7, 11) is 1.57. The number of anilines is 1. The molecule has 2 fully saturated rings. The monoisotopic (exact) mass is 393 g/mol. The molecule has 150 valence electrons. The Morgan fingerprint density at radius 3 is 2.79 bits per heavy atom. The minimum atomic E-state index is -1.13. The number of amides is 3. The molecule has 0 unspecified atom stereocenters. The molecule has 1 N–H and O–H groups in total. The van der Waals surface area contributed by atoms with Crippen LogP contribution in [-0.2, 0) is 19.8 Å². The summed E-state index contributed by atoms with van der Waals surface area (Å²) in [6, 6.07) is 4.43. The number of hydrogen-bond donors (Lipinski definition) is 1. The summed E-state index contributed by atoms with van der Waals surface area (Å²) >= 11 is 0. The third-order valence-electron chi connectivity index (χ3n) is 6.41. The first-order chi connectivity index (χ1) is 13.9. The Morgan fingerprint density at radius 1 is 1.28 bits per heavy atom. The van der Waals surface area contributed by atoms with Gasteiger partial charge >= 0.3 is 0 Å². The van der Waals surface area contributed by atoms with Gasteiger partial charge in [0.15, 0.2) is 0 Å². The summed E-state index contributed by atoms with van der Waals surface area (Å²) in [5.41, 5.74) is 1.58. The van der Waals surface area contributed by atoms with Crippen molar-refractivity contribution < 1.29 is 19.1 Å². The molecule has 7 heteroatoms. The van der Waals surface area contributed by atoms with Crippen molar-refractivity contribution >= 4 is 23.4 Å². The van der Waals surface area contributed by atoms with E-state index >= 15 is 0 Å². The van der Waals surface area contributed by atoms with Gasteiger partial charge in [-0.05, 0) is 44.4 Å². The largest absolute Gasteiger partial charge is 0.497 e. The van der Waals surface area contributed by atoms with E-state index in [1.165, 1.54) is 0 Å². The second-order valence-electron chi connectivity index (χ2n) is 8.32. The minimum absolute atomic E-state index is 0.0949. The lowest BCUT2D eigenvalue weighted by molar-refractivity contribution is -0.149. The summed E-state index contributed by atoms with van der Waals surface area (Å²) in [5, 5.41) is 2.94. The fraction of sp³-hybridized carbons (Fsp3) is 0.409. The number of nitrogens with zero attached hydrogens (tertiary/aromatic N) is 2. The summed E-state index contributed by atoms with van der Waals surface area (Å²) in [6.07, 6.45) is 5.13. The molecule has 29 heavy (non-hydrogen) atoms. The Kier molecular flexibility index (Phi) is 3.69. The number of rotatable bonds is 2. The van der Waals surface area contributed by atoms with Crippen LogP contribution in [0.3, 0.4) is 0 Å². The smallest absolute Gasteiger partial charge is 0.270 e. The number of fused-ring (bicyclic) bond motifs is 4. The highest BCUT2D eigenvalue weighted by atomic mass is 16.5. The fourth-order valence-corrected chi connectivity index (χ4v) is 5.14. The maximum atomic E-state index is 13.4. The number of benzene rings is 1. The minimum Gasteiger partial charge on any atom is -0.497 e. The molecule has 4 aliphatic heterocycles. The van der Waals surface area contributed by atoms with Gasteiger partial charge in [0.05, 0.1) is 13.2 Å². The standard InChI is InChI=1S/C22H23N3O4/c1-12(2)9-18-22(14-7-6-13(29-3)10-15(14)23-21(22)28)11-17-19(26)24-8-4-5-16(24)20(27)25(17)18/h6-7,9-11,16,18H,4-5,8H2,1-3H3,(H,23,28)/t16-,18-,22-/m0/s1. The molecule has 0 aliphatic carbocycles. The van der Waals surface area contributed by atoms with E-state index in [1.807, 2.05) is 26.0 Å². The molecule has 0 aromatic heterocycles. The van der Waals surface area contributed by atoms with Crippen LogP contribution in [0.1, 0.15) is 32.3 Å². The molecule has 0 saturated carbocycles. The van der Waals surface area contributed by atoms with Gasteiger partial charge in [0.1, 0.15) is 22.9 Å². The van der Waals surface area contributed by atoms with Crippen LogP contribution in [-0.4, -0.2) is 53.3 Å². The topological polar surface area (TPSA) is 79.0 Å². The van der Waals surface area contributed by atoms with Gasteiger partial charge in [0.2, 0.25) is 5.91 Å². The zero-order valence-electron chi connectivity index (χ0n) is 16.7. The molecule has 3 atom stereocenters. The molecule has 4 heterocycles. The molecule has 1 aromatic carbocycles. The van der Waals surface area contributed by atoms with Crippen molar-refractivity contribution in [1.82, 2.24) is 9.80 Å². The van der Waals surface area contributed by atoms with E-state index in [2.05, 4.69) is 5.32 Å². The fourth-order valence-electron chi connectivity index (χ4n) is 5.14. The molecule has 5 rings (SSSR count). The average Bonchev–Trinajstić information content (AvgIpc) is 3.36. The van der Waals surface area contributed by atoms with E-state index in [9.17, 15) is 14.4 Å². The lowest BCUT2D eigenvalue weighted by Crippen LogP contribution is -2.59. The number of piperazine rings is 1. The number of allylic oxidation sites excluding steroid dienone is 1. The number of ether oxygens (including phenoxy) is 1. The lowest BCUT2D eigenvalue weighted by atomic mass is 9.75. The van der Waals surface area contributed by atoms with Crippen LogP contribution in [0.5, 0.6) is 5.75 Å². The highest BCUT2D eigenvalue weighted by Gasteiger charge is 2.62. The lowest BCUT2D eigenvalue weighted by Gasteiger charge is -2.40. The SMILES string of the molecule is COc1ccc2c(c1)NC(=O)[C@@]21C=C2C(=O)N3CCC[C@H]3C(=O)N2[C@H]1C=C(C)C. The number of carbonyl (C=O) groups is 3. The van der Waals surface area contributed by atoms with E-state index in [0.29, 0.717) is 30.1 Å².